The average Bonchev–Trinajstić information content (AvgIpc) is 2.49. The molecule has 2 atom stereocenters. The summed E-state index contributed by atoms with van der Waals surface area (Å²) in [5.74, 6) is 0.754. The first kappa shape index (κ1) is 17.0. The quantitative estimate of drug-likeness (QED) is 0.905. The second-order valence-corrected chi connectivity index (χ2v) is 6.57. The molecule has 1 aliphatic rings. The van der Waals surface area contributed by atoms with Gasteiger partial charge in [0.1, 0.15) is 0 Å². The summed E-state index contributed by atoms with van der Waals surface area (Å²) in [6.45, 7) is 7.10. The zero-order valence-corrected chi connectivity index (χ0v) is 14.1. The minimum Gasteiger partial charge on any atom is -0.340 e. The maximum atomic E-state index is 12.5. The van der Waals surface area contributed by atoms with Crippen LogP contribution in [0.2, 0.25) is 0 Å². The van der Waals surface area contributed by atoms with Gasteiger partial charge >= 0.3 is 0 Å². The molecule has 0 bridgehead atoms. The van der Waals surface area contributed by atoms with E-state index < -0.39 is 0 Å². The van der Waals surface area contributed by atoms with Gasteiger partial charge in [0.25, 0.3) is 0 Å². The summed E-state index contributed by atoms with van der Waals surface area (Å²) in [7, 11) is 1.89. The van der Waals surface area contributed by atoms with E-state index in [9.17, 15) is 4.79 Å². The third-order valence-electron chi connectivity index (χ3n) is 4.91. The molecular weight excluding hydrogens is 274 g/mol. The van der Waals surface area contributed by atoms with Crippen molar-refractivity contribution in [2.24, 2.45) is 11.7 Å². The van der Waals surface area contributed by atoms with Gasteiger partial charge in [-0.25, -0.2) is 0 Å². The Morgan fingerprint density at radius 1 is 1.41 bits per heavy atom. The Bertz CT molecular complexity index is 503. The van der Waals surface area contributed by atoms with Crippen molar-refractivity contribution in [2.75, 3.05) is 26.7 Å². The van der Waals surface area contributed by atoms with Gasteiger partial charge in [-0.05, 0) is 43.4 Å². The summed E-state index contributed by atoms with van der Waals surface area (Å²) >= 11 is 0. The molecule has 4 nitrogen and oxygen atoms in total. The molecule has 0 saturated carbocycles. The van der Waals surface area contributed by atoms with Crippen LogP contribution >= 0.6 is 0 Å². The monoisotopic (exact) mass is 303 g/mol. The molecule has 1 saturated heterocycles. The van der Waals surface area contributed by atoms with Crippen LogP contribution in [0.1, 0.15) is 30.9 Å². The largest absolute Gasteiger partial charge is 0.340 e. The minimum absolute atomic E-state index is 0.177. The van der Waals surface area contributed by atoms with Gasteiger partial charge in [-0.3, -0.25) is 9.69 Å². The van der Waals surface area contributed by atoms with Crippen molar-refractivity contribution in [3.05, 3.63) is 35.4 Å². The molecule has 1 aliphatic heterocycles. The first-order chi connectivity index (χ1) is 10.5. The highest BCUT2D eigenvalue weighted by Crippen LogP contribution is 2.22. The van der Waals surface area contributed by atoms with E-state index in [2.05, 4.69) is 30.9 Å². The Morgan fingerprint density at radius 2 is 2.14 bits per heavy atom. The highest BCUT2D eigenvalue weighted by molar-refractivity contribution is 5.78. The molecule has 1 fully saturated rings. The zero-order chi connectivity index (χ0) is 16.1. The molecule has 0 aliphatic carbocycles. The Balaban J connectivity index is 1.95. The van der Waals surface area contributed by atoms with E-state index in [1.165, 1.54) is 17.5 Å². The molecule has 0 aromatic heterocycles. The van der Waals surface area contributed by atoms with E-state index >= 15 is 0 Å². The molecule has 22 heavy (non-hydrogen) atoms. The van der Waals surface area contributed by atoms with Gasteiger partial charge in [0, 0.05) is 26.2 Å². The van der Waals surface area contributed by atoms with Crippen molar-refractivity contribution in [3.8, 4) is 0 Å². The summed E-state index contributed by atoms with van der Waals surface area (Å²) in [5.41, 5.74) is 8.35. The Labute approximate surface area is 134 Å². The van der Waals surface area contributed by atoms with Crippen LogP contribution in [-0.4, -0.2) is 48.4 Å². The van der Waals surface area contributed by atoms with Crippen LogP contribution in [0.5, 0.6) is 0 Å². The highest BCUT2D eigenvalue weighted by atomic mass is 16.2. The molecule has 2 rings (SSSR count). The maximum Gasteiger partial charge on any atom is 0.236 e. The normalized spacial score (nSPS) is 22.5. The number of aryl methyl sites for hydroxylation is 1. The summed E-state index contributed by atoms with van der Waals surface area (Å²) in [6, 6.07) is 8.57. The van der Waals surface area contributed by atoms with Crippen molar-refractivity contribution in [3.63, 3.8) is 0 Å². The van der Waals surface area contributed by atoms with E-state index in [4.69, 9.17) is 5.73 Å². The molecule has 2 unspecified atom stereocenters. The van der Waals surface area contributed by atoms with E-state index in [1.807, 2.05) is 24.1 Å². The van der Waals surface area contributed by atoms with E-state index in [0.717, 1.165) is 13.0 Å². The van der Waals surface area contributed by atoms with Gasteiger partial charge in [-0.1, -0.05) is 31.2 Å². The number of piperidine rings is 1. The second-order valence-electron chi connectivity index (χ2n) is 6.57. The number of carbonyl (C=O) groups is 1. The number of likely N-dealkylation sites (N-methyl/N-ethyl adjacent to an activating group) is 1. The minimum atomic E-state index is 0.177. The van der Waals surface area contributed by atoms with E-state index in [0.29, 0.717) is 31.6 Å². The Hall–Kier alpha value is -1.39. The van der Waals surface area contributed by atoms with Crippen LogP contribution in [0.25, 0.3) is 0 Å². The van der Waals surface area contributed by atoms with E-state index in [1.54, 1.807) is 0 Å². The highest BCUT2D eigenvalue weighted by Gasteiger charge is 2.29. The van der Waals surface area contributed by atoms with Crippen molar-refractivity contribution in [2.45, 2.75) is 39.3 Å². The van der Waals surface area contributed by atoms with Crippen LogP contribution in [0.4, 0.5) is 0 Å². The molecule has 0 spiro atoms. The first-order valence-electron chi connectivity index (χ1n) is 8.25. The first-order valence-corrected chi connectivity index (χ1v) is 8.25. The number of carbonyl (C=O) groups excluding carboxylic acids is 1. The number of amides is 1. The molecular formula is C18H29N3O. The number of nitrogens with two attached hydrogens (primary N) is 1. The van der Waals surface area contributed by atoms with Gasteiger partial charge in [0.05, 0.1) is 6.54 Å². The van der Waals surface area contributed by atoms with Gasteiger partial charge in [0.15, 0.2) is 0 Å². The van der Waals surface area contributed by atoms with E-state index in [-0.39, 0.29) is 5.91 Å². The Morgan fingerprint density at radius 3 is 2.82 bits per heavy atom. The summed E-state index contributed by atoms with van der Waals surface area (Å²) in [6.07, 6.45) is 2.37. The fourth-order valence-corrected chi connectivity index (χ4v) is 3.34. The molecule has 1 aromatic rings. The lowest BCUT2D eigenvalue weighted by Crippen LogP contribution is -2.52. The lowest BCUT2D eigenvalue weighted by molar-refractivity contribution is -0.132. The van der Waals surface area contributed by atoms with Crippen molar-refractivity contribution in [1.82, 2.24) is 9.80 Å². The number of likely N-dealkylation sites (tertiary alicyclic amines) is 1. The van der Waals surface area contributed by atoms with Crippen LogP contribution in [0.3, 0.4) is 0 Å². The third kappa shape index (κ3) is 4.08. The van der Waals surface area contributed by atoms with Gasteiger partial charge < -0.3 is 10.6 Å². The molecule has 1 amide bonds. The predicted octanol–water partition coefficient (Wildman–Crippen LogP) is 2.01. The fraction of sp³-hybridized carbons (Fsp3) is 0.611. The number of benzene rings is 1. The number of hydrogen-bond acceptors (Lipinski definition) is 3. The SMILES string of the molecule is Cc1ccccc1CN(C)C(=O)CN1CCCC(C)C1CN. The van der Waals surface area contributed by atoms with Crippen molar-refractivity contribution in [1.29, 1.82) is 0 Å². The molecule has 0 radical (unpaired) electrons. The zero-order valence-electron chi connectivity index (χ0n) is 14.1. The van der Waals surface area contributed by atoms with Crippen LogP contribution in [-0.2, 0) is 11.3 Å². The van der Waals surface area contributed by atoms with Gasteiger partial charge in [0.2, 0.25) is 5.91 Å². The number of hydrogen-bond donors (Lipinski definition) is 1. The molecule has 122 valence electrons. The fourth-order valence-electron chi connectivity index (χ4n) is 3.34. The van der Waals surface area contributed by atoms with Crippen LogP contribution in [0, 0.1) is 12.8 Å². The summed E-state index contributed by atoms with van der Waals surface area (Å²) < 4.78 is 0. The summed E-state index contributed by atoms with van der Waals surface area (Å²) in [4.78, 5) is 16.6. The lowest BCUT2D eigenvalue weighted by atomic mass is 9.91. The standard InChI is InChI=1S/C18H29N3O/c1-14-7-4-5-9-16(14)12-20(3)18(22)13-21-10-6-8-15(2)17(21)11-19/h4-5,7,9,15,17H,6,8,10-13,19H2,1-3H3. The smallest absolute Gasteiger partial charge is 0.236 e. The molecule has 2 N–H and O–H groups in total. The molecule has 1 aromatic carbocycles. The number of rotatable bonds is 5. The Kier molecular flexibility index (Phi) is 5.98. The lowest BCUT2D eigenvalue weighted by Gasteiger charge is -2.39. The van der Waals surface area contributed by atoms with Gasteiger partial charge in [-0.2, -0.15) is 0 Å². The topological polar surface area (TPSA) is 49.6 Å². The van der Waals surface area contributed by atoms with Crippen LogP contribution in [0.15, 0.2) is 24.3 Å². The van der Waals surface area contributed by atoms with Gasteiger partial charge in [-0.15, -0.1) is 0 Å². The molecule has 4 heteroatoms. The summed E-state index contributed by atoms with van der Waals surface area (Å²) in [5, 5.41) is 0. The van der Waals surface area contributed by atoms with Crippen LogP contribution < -0.4 is 5.73 Å². The maximum absolute atomic E-state index is 12.5. The van der Waals surface area contributed by atoms with Crippen molar-refractivity contribution >= 4 is 5.91 Å². The average molecular weight is 303 g/mol. The third-order valence-corrected chi connectivity index (χ3v) is 4.91. The number of nitrogens with zero attached hydrogens (tertiary/aromatic N) is 2. The van der Waals surface area contributed by atoms with Crippen molar-refractivity contribution < 1.29 is 4.79 Å². The molecule has 1 heterocycles. The predicted molar refractivity (Wildman–Crippen MR) is 90.5 cm³/mol. The second kappa shape index (κ2) is 7.75.